The molecule has 0 radical (unpaired) electrons. The van der Waals surface area contributed by atoms with Crippen molar-refractivity contribution >= 4 is 21.6 Å². The average Bonchev–Trinajstić information content (AvgIpc) is 2.39. The second-order valence-corrected chi connectivity index (χ2v) is 7.85. The summed E-state index contributed by atoms with van der Waals surface area (Å²) in [6, 6.07) is 5.04. The molecule has 4 nitrogen and oxygen atoms in total. The van der Waals surface area contributed by atoms with Gasteiger partial charge in [-0.1, -0.05) is 17.7 Å². The Morgan fingerprint density at radius 1 is 1.45 bits per heavy atom. The predicted octanol–water partition coefficient (Wildman–Crippen LogP) is 2.27. The number of halogens is 1. The lowest BCUT2D eigenvalue weighted by Crippen LogP contribution is -2.39. The number of benzene rings is 1. The van der Waals surface area contributed by atoms with Crippen LogP contribution < -0.4 is 5.32 Å². The van der Waals surface area contributed by atoms with Gasteiger partial charge in [-0.25, -0.2) is 12.7 Å². The molecule has 1 heterocycles. The van der Waals surface area contributed by atoms with Gasteiger partial charge in [-0.05, 0) is 56.5 Å². The highest BCUT2D eigenvalue weighted by atomic mass is 35.5. The van der Waals surface area contributed by atoms with Crippen molar-refractivity contribution in [3.63, 3.8) is 0 Å². The number of sulfonamides is 1. The quantitative estimate of drug-likeness (QED) is 0.927. The molecule has 1 aliphatic heterocycles. The monoisotopic (exact) mass is 316 g/mol. The Morgan fingerprint density at radius 2 is 2.20 bits per heavy atom. The summed E-state index contributed by atoms with van der Waals surface area (Å²) in [6.07, 6.45) is 2.17. The zero-order chi connectivity index (χ0) is 14.8. The first-order valence-electron chi connectivity index (χ1n) is 6.84. The van der Waals surface area contributed by atoms with E-state index in [1.165, 1.54) is 4.31 Å². The van der Waals surface area contributed by atoms with Crippen LogP contribution in [0.2, 0.25) is 5.02 Å². The van der Waals surface area contributed by atoms with E-state index in [0.717, 1.165) is 31.5 Å². The number of piperidine rings is 1. The van der Waals surface area contributed by atoms with Crippen molar-refractivity contribution in [1.82, 2.24) is 9.62 Å². The molecule has 0 spiro atoms. The summed E-state index contributed by atoms with van der Waals surface area (Å²) in [4.78, 5) is 0.191. The Kier molecular flexibility index (Phi) is 5.07. The van der Waals surface area contributed by atoms with Gasteiger partial charge in [-0.15, -0.1) is 0 Å². The second-order valence-electron chi connectivity index (χ2n) is 5.43. The SMILES string of the molecule is Cc1ccc(S(=O)(=O)N(C)CC2CCCNC2)c(Cl)c1. The molecule has 1 saturated heterocycles. The number of hydrogen-bond acceptors (Lipinski definition) is 3. The maximum absolute atomic E-state index is 12.6. The van der Waals surface area contributed by atoms with Crippen LogP contribution in [-0.4, -0.2) is 39.4 Å². The minimum absolute atomic E-state index is 0.191. The summed E-state index contributed by atoms with van der Waals surface area (Å²) >= 11 is 6.08. The number of nitrogens with one attached hydrogen (secondary N) is 1. The Balaban J connectivity index is 2.16. The zero-order valence-corrected chi connectivity index (χ0v) is 13.5. The molecule has 1 fully saturated rings. The summed E-state index contributed by atoms with van der Waals surface area (Å²) in [5.74, 6) is 0.368. The standard InChI is InChI=1S/C14H21ClN2O2S/c1-11-5-6-14(13(15)8-11)20(18,19)17(2)10-12-4-3-7-16-9-12/h5-6,8,12,16H,3-4,7,9-10H2,1-2H3. The fraction of sp³-hybridized carbons (Fsp3) is 0.571. The number of nitrogens with zero attached hydrogens (tertiary/aromatic N) is 1. The van der Waals surface area contributed by atoms with Gasteiger partial charge in [-0.2, -0.15) is 0 Å². The zero-order valence-electron chi connectivity index (χ0n) is 11.9. The molecule has 0 amide bonds. The van der Waals surface area contributed by atoms with Gasteiger partial charge < -0.3 is 5.32 Å². The highest BCUT2D eigenvalue weighted by molar-refractivity contribution is 7.89. The molecule has 0 aromatic heterocycles. The van der Waals surface area contributed by atoms with Gasteiger partial charge in [0, 0.05) is 13.6 Å². The molecule has 1 unspecified atom stereocenters. The summed E-state index contributed by atoms with van der Waals surface area (Å²) in [5, 5.41) is 3.59. The Hall–Kier alpha value is -0.620. The third-order valence-electron chi connectivity index (χ3n) is 3.69. The first-order valence-corrected chi connectivity index (χ1v) is 8.66. The van der Waals surface area contributed by atoms with Crippen LogP contribution in [0.3, 0.4) is 0 Å². The van der Waals surface area contributed by atoms with E-state index >= 15 is 0 Å². The molecule has 1 aromatic rings. The van der Waals surface area contributed by atoms with Crippen LogP contribution in [0.5, 0.6) is 0 Å². The second kappa shape index (κ2) is 6.43. The lowest BCUT2D eigenvalue weighted by Gasteiger charge is -2.27. The third-order valence-corrected chi connectivity index (χ3v) is 6.00. The van der Waals surface area contributed by atoms with E-state index < -0.39 is 10.0 Å². The molecule has 1 N–H and O–H groups in total. The van der Waals surface area contributed by atoms with Crippen molar-refractivity contribution in [2.24, 2.45) is 5.92 Å². The van der Waals surface area contributed by atoms with Gasteiger partial charge in [0.25, 0.3) is 0 Å². The van der Waals surface area contributed by atoms with Crippen LogP contribution in [0.15, 0.2) is 23.1 Å². The normalized spacial score (nSPS) is 20.3. The lowest BCUT2D eigenvalue weighted by atomic mass is 10.00. The first kappa shape index (κ1) is 15.8. The number of rotatable bonds is 4. The molecule has 1 atom stereocenters. The van der Waals surface area contributed by atoms with E-state index in [1.54, 1.807) is 25.2 Å². The van der Waals surface area contributed by atoms with E-state index in [4.69, 9.17) is 11.6 Å². The van der Waals surface area contributed by atoms with E-state index in [0.29, 0.717) is 17.5 Å². The largest absolute Gasteiger partial charge is 0.316 e. The molecular weight excluding hydrogens is 296 g/mol. The molecule has 1 aliphatic rings. The van der Waals surface area contributed by atoms with Crippen molar-refractivity contribution in [1.29, 1.82) is 0 Å². The average molecular weight is 317 g/mol. The van der Waals surface area contributed by atoms with Gasteiger partial charge in [0.15, 0.2) is 0 Å². The molecule has 2 rings (SSSR count). The van der Waals surface area contributed by atoms with E-state index in [1.807, 2.05) is 6.92 Å². The van der Waals surface area contributed by atoms with Gasteiger partial charge in [-0.3, -0.25) is 0 Å². The summed E-state index contributed by atoms with van der Waals surface area (Å²) < 4.78 is 26.5. The maximum atomic E-state index is 12.6. The summed E-state index contributed by atoms with van der Waals surface area (Å²) in [5.41, 5.74) is 0.952. The maximum Gasteiger partial charge on any atom is 0.244 e. The summed E-state index contributed by atoms with van der Waals surface area (Å²) in [6.45, 7) is 4.32. The number of aryl methyl sites for hydroxylation is 1. The molecular formula is C14H21ClN2O2S. The van der Waals surface area contributed by atoms with Gasteiger partial charge in [0.2, 0.25) is 10.0 Å². The molecule has 112 valence electrons. The fourth-order valence-corrected chi connectivity index (χ4v) is 4.34. The smallest absolute Gasteiger partial charge is 0.244 e. The van der Waals surface area contributed by atoms with Crippen LogP contribution in [0.25, 0.3) is 0 Å². The van der Waals surface area contributed by atoms with Crippen molar-refractivity contribution in [3.8, 4) is 0 Å². The van der Waals surface area contributed by atoms with E-state index in [2.05, 4.69) is 5.32 Å². The third kappa shape index (κ3) is 3.52. The Labute approximate surface area is 126 Å². The number of hydrogen-bond donors (Lipinski definition) is 1. The predicted molar refractivity (Wildman–Crippen MR) is 81.6 cm³/mol. The summed E-state index contributed by atoms with van der Waals surface area (Å²) in [7, 11) is -1.89. The van der Waals surface area contributed by atoms with Crippen molar-refractivity contribution in [2.45, 2.75) is 24.7 Å². The molecule has 0 bridgehead atoms. The van der Waals surface area contributed by atoms with E-state index in [9.17, 15) is 8.42 Å². The molecule has 6 heteroatoms. The minimum Gasteiger partial charge on any atom is -0.316 e. The molecule has 1 aromatic carbocycles. The molecule has 0 saturated carbocycles. The highest BCUT2D eigenvalue weighted by Crippen LogP contribution is 2.26. The Morgan fingerprint density at radius 3 is 2.80 bits per heavy atom. The van der Waals surface area contributed by atoms with Crippen LogP contribution in [0.1, 0.15) is 18.4 Å². The van der Waals surface area contributed by atoms with Crippen LogP contribution in [0.4, 0.5) is 0 Å². The van der Waals surface area contributed by atoms with Crippen molar-refractivity contribution in [3.05, 3.63) is 28.8 Å². The first-order chi connectivity index (χ1) is 9.41. The Bertz CT molecular complexity index is 569. The molecule has 20 heavy (non-hydrogen) atoms. The lowest BCUT2D eigenvalue weighted by molar-refractivity contribution is 0.315. The van der Waals surface area contributed by atoms with E-state index in [-0.39, 0.29) is 4.90 Å². The van der Waals surface area contributed by atoms with Gasteiger partial charge in [0.1, 0.15) is 4.90 Å². The van der Waals surface area contributed by atoms with Crippen LogP contribution in [0, 0.1) is 12.8 Å². The van der Waals surface area contributed by atoms with Crippen molar-refractivity contribution < 1.29 is 8.42 Å². The topological polar surface area (TPSA) is 49.4 Å². The van der Waals surface area contributed by atoms with Crippen LogP contribution in [-0.2, 0) is 10.0 Å². The van der Waals surface area contributed by atoms with Gasteiger partial charge >= 0.3 is 0 Å². The minimum atomic E-state index is -3.51. The highest BCUT2D eigenvalue weighted by Gasteiger charge is 2.26. The van der Waals surface area contributed by atoms with Crippen LogP contribution >= 0.6 is 11.6 Å². The molecule has 0 aliphatic carbocycles. The van der Waals surface area contributed by atoms with Crippen molar-refractivity contribution in [2.75, 3.05) is 26.7 Å². The van der Waals surface area contributed by atoms with Gasteiger partial charge in [0.05, 0.1) is 5.02 Å². The fourth-order valence-electron chi connectivity index (χ4n) is 2.52.